The molecule has 96 valence electrons. The Kier molecular flexibility index (Phi) is 2.86. The van der Waals surface area contributed by atoms with Crippen molar-refractivity contribution in [3.8, 4) is 0 Å². The van der Waals surface area contributed by atoms with Crippen LogP contribution < -0.4 is 11.1 Å². The van der Waals surface area contributed by atoms with Gasteiger partial charge in [-0.3, -0.25) is 0 Å². The Labute approximate surface area is 105 Å². The van der Waals surface area contributed by atoms with Gasteiger partial charge in [0.1, 0.15) is 9.90 Å². The van der Waals surface area contributed by atoms with Crippen LogP contribution in [0.5, 0.6) is 0 Å². The summed E-state index contributed by atoms with van der Waals surface area (Å²) in [5.74, 6) is 0.149. The maximum atomic E-state index is 11.9. The predicted molar refractivity (Wildman–Crippen MR) is 70.1 cm³/mol. The number of hydrogen-bond acceptors (Lipinski definition) is 6. The summed E-state index contributed by atoms with van der Waals surface area (Å²) in [6.07, 6.45) is 1.04. The van der Waals surface area contributed by atoms with Crippen LogP contribution in [0.1, 0.15) is 27.2 Å². The summed E-state index contributed by atoms with van der Waals surface area (Å²) in [4.78, 5) is 0.174. The third kappa shape index (κ3) is 2.26. The summed E-state index contributed by atoms with van der Waals surface area (Å²) in [7, 11) is -3.31. The summed E-state index contributed by atoms with van der Waals surface area (Å²) in [5, 5.41) is 3.82. The normalized spacial score (nSPS) is 22.4. The van der Waals surface area contributed by atoms with Gasteiger partial charge in [-0.2, -0.15) is 4.37 Å². The van der Waals surface area contributed by atoms with Gasteiger partial charge in [0.2, 0.25) is 0 Å². The first-order chi connectivity index (χ1) is 7.78. The minimum atomic E-state index is -3.31. The SMILES string of the molecule is CCS(=O)(=O)c1c(N)nsc1NC1CC1(C)C. The maximum Gasteiger partial charge on any atom is 0.184 e. The molecule has 1 heterocycles. The molecule has 1 saturated carbocycles. The molecule has 0 aromatic carbocycles. The van der Waals surface area contributed by atoms with Gasteiger partial charge in [0.15, 0.2) is 15.7 Å². The van der Waals surface area contributed by atoms with Crippen LogP contribution in [0, 0.1) is 5.41 Å². The molecule has 1 aliphatic carbocycles. The van der Waals surface area contributed by atoms with E-state index in [0.717, 1.165) is 18.0 Å². The Hall–Kier alpha value is -0.820. The quantitative estimate of drug-likeness (QED) is 0.874. The van der Waals surface area contributed by atoms with Gasteiger partial charge in [-0.1, -0.05) is 20.8 Å². The zero-order valence-corrected chi connectivity index (χ0v) is 11.8. The third-order valence-electron chi connectivity index (χ3n) is 3.18. The Morgan fingerprint density at radius 2 is 2.18 bits per heavy atom. The van der Waals surface area contributed by atoms with Crippen molar-refractivity contribution in [3.63, 3.8) is 0 Å². The second-order valence-corrected chi connectivity index (χ2v) is 8.01. The van der Waals surface area contributed by atoms with Crippen LogP contribution in [-0.2, 0) is 9.84 Å². The van der Waals surface area contributed by atoms with Crippen LogP contribution in [0.2, 0.25) is 0 Å². The zero-order chi connectivity index (χ0) is 12.8. The first-order valence-corrected chi connectivity index (χ1v) is 7.95. The number of anilines is 2. The number of nitrogens with two attached hydrogens (primary N) is 1. The molecule has 0 aliphatic heterocycles. The minimum absolute atomic E-state index is 0.0400. The maximum absolute atomic E-state index is 11.9. The first kappa shape index (κ1) is 12.6. The van der Waals surface area contributed by atoms with Crippen molar-refractivity contribution in [1.29, 1.82) is 0 Å². The Morgan fingerprint density at radius 1 is 1.59 bits per heavy atom. The van der Waals surface area contributed by atoms with Gasteiger partial charge < -0.3 is 11.1 Å². The molecule has 0 spiro atoms. The standard InChI is InChI=1S/C10H17N3O2S2/c1-4-17(14,15)7-8(11)13-16-9(7)12-6-5-10(6,2)3/h6,12H,4-5H2,1-3H3,(H2,11,13). The van der Waals surface area contributed by atoms with Crippen molar-refractivity contribution in [2.75, 3.05) is 16.8 Å². The molecule has 17 heavy (non-hydrogen) atoms. The number of aromatic nitrogens is 1. The molecule has 1 atom stereocenters. The molecule has 1 aromatic rings. The highest BCUT2D eigenvalue weighted by molar-refractivity contribution is 7.91. The van der Waals surface area contributed by atoms with E-state index in [9.17, 15) is 8.42 Å². The fourth-order valence-corrected chi connectivity index (χ4v) is 3.91. The van der Waals surface area contributed by atoms with Crippen LogP contribution in [0.4, 0.5) is 10.8 Å². The lowest BCUT2D eigenvalue weighted by Gasteiger charge is -2.08. The minimum Gasteiger partial charge on any atom is -0.382 e. The summed E-state index contributed by atoms with van der Waals surface area (Å²) in [5.41, 5.74) is 5.88. The van der Waals surface area contributed by atoms with Crippen LogP contribution in [0.25, 0.3) is 0 Å². The fraction of sp³-hybridized carbons (Fsp3) is 0.700. The van der Waals surface area contributed by atoms with Gasteiger partial charge in [0.25, 0.3) is 0 Å². The van der Waals surface area contributed by atoms with Crippen molar-refractivity contribution >= 4 is 32.2 Å². The number of hydrogen-bond donors (Lipinski definition) is 2. The largest absolute Gasteiger partial charge is 0.382 e. The van der Waals surface area contributed by atoms with E-state index >= 15 is 0 Å². The molecule has 3 N–H and O–H groups in total. The molecule has 5 nitrogen and oxygen atoms in total. The average Bonchev–Trinajstić information content (AvgIpc) is 2.65. The van der Waals surface area contributed by atoms with Crippen molar-refractivity contribution in [1.82, 2.24) is 4.37 Å². The van der Waals surface area contributed by atoms with E-state index in [1.807, 2.05) is 0 Å². The molecule has 1 aliphatic rings. The van der Waals surface area contributed by atoms with Gasteiger partial charge in [0, 0.05) is 6.04 Å². The molecule has 2 rings (SSSR count). The lowest BCUT2D eigenvalue weighted by atomic mass is 10.2. The van der Waals surface area contributed by atoms with Crippen molar-refractivity contribution in [2.45, 2.75) is 38.1 Å². The summed E-state index contributed by atoms with van der Waals surface area (Å²) < 4.78 is 27.8. The fourth-order valence-electron chi connectivity index (χ4n) is 1.70. The number of nitrogens with zero attached hydrogens (tertiary/aromatic N) is 1. The third-order valence-corrected chi connectivity index (χ3v) is 5.90. The highest BCUT2D eigenvalue weighted by Gasteiger charge is 2.46. The lowest BCUT2D eigenvalue weighted by Crippen LogP contribution is -2.12. The molecule has 0 amide bonds. The molecule has 0 bridgehead atoms. The molecule has 1 fully saturated rings. The number of nitrogen functional groups attached to an aromatic ring is 1. The van der Waals surface area contributed by atoms with Crippen LogP contribution in [0.15, 0.2) is 4.90 Å². The first-order valence-electron chi connectivity index (χ1n) is 5.52. The topological polar surface area (TPSA) is 85.1 Å². The van der Waals surface area contributed by atoms with Crippen LogP contribution >= 0.6 is 11.5 Å². The van der Waals surface area contributed by atoms with E-state index in [2.05, 4.69) is 23.5 Å². The van der Waals surface area contributed by atoms with E-state index in [1.54, 1.807) is 6.92 Å². The van der Waals surface area contributed by atoms with Crippen molar-refractivity contribution in [3.05, 3.63) is 0 Å². The highest BCUT2D eigenvalue weighted by Crippen LogP contribution is 2.48. The van der Waals surface area contributed by atoms with E-state index in [1.165, 1.54) is 0 Å². The predicted octanol–water partition coefficient (Wildman–Crippen LogP) is 1.73. The van der Waals surface area contributed by atoms with Crippen molar-refractivity contribution in [2.24, 2.45) is 5.41 Å². The van der Waals surface area contributed by atoms with Gasteiger partial charge in [-0.25, -0.2) is 8.42 Å². The molecular weight excluding hydrogens is 258 g/mol. The number of nitrogens with one attached hydrogen (secondary N) is 1. The van der Waals surface area contributed by atoms with Gasteiger partial charge >= 0.3 is 0 Å². The summed E-state index contributed by atoms with van der Waals surface area (Å²) >= 11 is 1.12. The number of rotatable bonds is 4. The monoisotopic (exact) mass is 275 g/mol. The lowest BCUT2D eigenvalue weighted by molar-refractivity contribution is 0.597. The van der Waals surface area contributed by atoms with E-state index in [0.29, 0.717) is 11.0 Å². The van der Waals surface area contributed by atoms with Crippen molar-refractivity contribution < 1.29 is 8.42 Å². The molecule has 1 unspecified atom stereocenters. The molecule has 1 aromatic heterocycles. The second kappa shape index (κ2) is 3.84. The highest BCUT2D eigenvalue weighted by atomic mass is 32.2. The Bertz CT molecular complexity index is 534. The molecular formula is C10H17N3O2S2. The Morgan fingerprint density at radius 3 is 2.65 bits per heavy atom. The van der Waals surface area contributed by atoms with Gasteiger partial charge in [-0.05, 0) is 23.4 Å². The number of sulfone groups is 1. The van der Waals surface area contributed by atoms with E-state index in [-0.39, 0.29) is 21.9 Å². The van der Waals surface area contributed by atoms with Crippen LogP contribution in [0.3, 0.4) is 0 Å². The van der Waals surface area contributed by atoms with Gasteiger partial charge in [-0.15, -0.1) is 0 Å². The second-order valence-electron chi connectivity index (χ2n) is 5.02. The average molecular weight is 275 g/mol. The smallest absolute Gasteiger partial charge is 0.184 e. The molecule has 7 heteroatoms. The summed E-state index contributed by atoms with van der Waals surface area (Å²) in [6.45, 7) is 5.89. The Balaban J connectivity index is 2.31. The zero-order valence-electron chi connectivity index (χ0n) is 10.1. The van der Waals surface area contributed by atoms with E-state index < -0.39 is 9.84 Å². The summed E-state index contributed by atoms with van der Waals surface area (Å²) in [6, 6.07) is 0.313. The molecule has 0 radical (unpaired) electrons. The van der Waals surface area contributed by atoms with Gasteiger partial charge in [0.05, 0.1) is 5.75 Å². The molecule has 0 saturated heterocycles. The van der Waals surface area contributed by atoms with Crippen LogP contribution in [-0.4, -0.2) is 24.6 Å². The van der Waals surface area contributed by atoms with E-state index in [4.69, 9.17) is 5.73 Å².